The first-order chi connectivity index (χ1) is 6.39. The van der Waals surface area contributed by atoms with Gasteiger partial charge in [-0.05, 0) is 6.42 Å². The molecular formula is C6H15N3O4S. The molecule has 0 aliphatic heterocycles. The van der Waals surface area contributed by atoms with Crippen LogP contribution < -0.4 is 16.2 Å². The van der Waals surface area contributed by atoms with Gasteiger partial charge in [-0.15, -0.1) is 0 Å². The summed E-state index contributed by atoms with van der Waals surface area (Å²) in [6.07, 6.45) is -0.116. The Morgan fingerprint density at radius 1 is 1.50 bits per heavy atom. The third-order valence-electron chi connectivity index (χ3n) is 1.48. The molecule has 0 fully saturated rings. The van der Waals surface area contributed by atoms with E-state index < -0.39 is 22.0 Å². The van der Waals surface area contributed by atoms with Crippen LogP contribution in [-0.2, 0) is 14.8 Å². The summed E-state index contributed by atoms with van der Waals surface area (Å²) in [7, 11) is -3.45. The molecule has 0 saturated heterocycles. The monoisotopic (exact) mass is 225 g/mol. The quantitative estimate of drug-likeness (QED) is 0.383. The van der Waals surface area contributed by atoms with Gasteiger partial charge >= 0.3 is 5.97 Å². The van der Waals surface area contributed by atoms with Crippen LogP contribution in [0.2, 0.25) is 0 Å². The molecule has 0 rings (SSSR count). The second-order valence-electron chi connectivity index (χ2n) is 2.74. The molecule has 1 atom stereocenters. The van der Waals surface area contributed by atoms with E-state index in [0.717, 1.165) is 0 Å². The van der Waals surface area contributed by atoms with E-state index in [-0.39, 0.29) is 25.3 Å². The number of hydrogen-bond donors (Lipinski definition) is 4. The summed E-state index contributed by atoms with van der Waals surface area (Å²) in [6, 6.07) is -1.15. The molecule has 6 N–H and O–H groups in total. The van der Waals surface area contributed by atoms with Crippen molar-refractivity contribution in [1.82, 2.24) is 4.72 Å². The molecule has 0 aliphatic rings. The number of aliphatic carboxylic acids is 1. The number of sulfonamides is 1. The van der Waals surface area contributed by atoms with Crippen LogP contribution in [0.15, 0.2) is 0 Å². The lowest BCUT2D eigenvalue weighted by Crippen LogP contribution is -2.36. The van der Waals surface area contributed by atoms with Crippen LogP contribution in [0.5, 0.6) is 0 Å². The number of rotatable bonds is 7. The smallest absolute Gasteiger partial charge is 0.320 e. The summed E-state index contributed by atoms with van der Waals surface area (Å²) in [4.78, 5) is 10.3. The Morgan fingerprint density at radius 2 is 2.07 bits per heavy atom. The van der Waals surface area contributed by atoms with Crippen LogP contribution in [0.25, 0.3) is 0 Å². The molecule has 84 valence electrons. The van der Waals surface area contributed by atoms with Crippen LogP contribution in [0, 0.1) is 0 Å². The largest absolute Gasteiger partial charge is 0.480 e. The molecule has 0 aliphatic carbocycles. The molecule has 0 aromatic heterocycles. The van der Waals surface area contributed by atoms with Crippen LogP contribution in [0.3, 0.4) is 0 Å². The highest BCUT2D eigenvalue weighted by Gasteiger charge is 2.16. The lowest BCUT2D eigenvalue weighted by Gasteiger charge is -2.07. The predicted octanol–water partition coefficient (Wildman–Crippen LogP) is -2.33. The van der Waals surface area contributed by atoms with Crippen LogP contribution in [-0.4, -0.2) is 44.4 Å². The molecule has 0 saturated carbocycles. The Morgan fingerprint density at radius 3 is 2.50 bits per heavy atom. The van der Waals surface area contributed by atoms with Crippen molar-refractivity contribution in [3.8, 4) is 0 Å². The molecule has 0 heterocycles. The Bertz CT molecular complexity index is 277. The zero-order valence-corrected chi connectivity index (χ0v) is 8.46. The zero-order chi connectivity index (χ0) is 11.2. The van der Waals surface area contributed by atoms with E-state index in [0.29, 0.717) is 0 Å². The van der Waals surface area contributed by atoms with Crippen LogP contribution in [0.4, 0.5) is 0 Å². The number of carbonyl (C=O) groups is 1. The standard InChI is InChI=1S/C6H15N3O4S/c7-2-3-9-14(12,13)4-1-5(8)6(10)11/h5,9H,1-4,7-8H2,(H,10,11)/t5-/m0/s1. The van der Waals surface area contributed by atoms with Gasteiger partial charge in [-0.2, -0.15) is 0 Å². The summed E-state index contributed by atoms with van der Waals surface area (Å²) in [5, 5.41) is 8.39. The molecule has 0 aromatic rings. The first-order valence-corrected chi connectivity index (χ1v) is 5.70. The third-order valence-corrected chi connectivity index (χ3v) is 2.90. The molecule has 0 spiro atoms. The van der Waals surface area contributed by atoms with Gasteiger partial charge in [0, 0.05) is 13.1 Å². The third kappa shape index (κ3) is 5.86. The minimum absolute atomic E-state index is 0.116. The zero-order valence-electron chi connectivity index (χ0n) is 7.64. The molecular weight excluding hydrogens is 210 g/mol. The van der Waals surface area contributed by atoms with Gasteiger partial charge < -0.3 is 16.6 Å². The minimum Gasteiger partial charge on any atom is -0.480 e. The molecule has 8 heteroatoms. The molecule has 0 amide bonds. The van der Waals surface area contributed by atoms with Crippen LogP contribution in [0.1, 0.15) is 6.42 Å². The first-order valence-electron chi connectivity index (χ1n) is 4.05. The van der Waals surface area contributed by atoms with Crippen molar-refractivity contribution in [3.63, 3.8) is 0 Å². The minimum atomic E-state index is -3.45. The average molecular weight is 225 g/mol. The van der Waals surface area contributed by atoms with Gasteiger partial charge in [-0.25, -0.2) is 13.1 Å². The van der Waals surface area contributed by atoms with E-state index in [1.165, 1.54) is 0 Å². The van der Waals surface area contributed by atoms with E-state index in [9.17, 15) is 13.2 Å². The molecule has 0 radical (unpaired) electrons. The number of carboxylic acids is 1. The maximum Gasteiger partial charge on any atom is 0.320 e. The van der Waals surface area contributed by atoms with Crippen LogP contribution >= 0.6 is 0 Å². The summed E-state index contributed by atoms with van der Waals surface area (Å²) in [5.74, 6) is -1.51. The number of carboxylic acid groups (broad SMARTS) is 1. The second-order valence-corrected chi connectivity index (χ2v) is 4.66. The van der Waals surface area contributed by atoms with Gasteiger partial charge in [0.15, 0.2) is 0 Å². The molecule has 14 heavy (non-hydrogen) atoms. The molecule has 0 unspecified atom stereocenters. The fourth-order valence-electron chi connectivity index (χ4n) is 0.692. The van der Waals surface area contributed by atoms with E-state index in [1.54, 1.807) is 0 Å². The summed E-state index contributed by atoms with van der Waals surface area (Å²) in [6.45, 7) is 0.342. The molecule has 0 bridgehead atoms. The summed E-state index contributed by atoms with van der Waals surface area (Å²) >= 11 is 0. The van der Waals surface area contributed by atoms with Crippen molar-refractivity contribution in [2.24, 2.45) is 11.5 Å². The Labute approximate surface area is 82.5 Å². The van der Waals surface area contributed by atoms with E-state index in [1.807, 2.05) is 0 Å². The van der Waals surface area contributed by atoms with Gasteiger partial charge in [0.1, 0.15) is 6.04 Å². The maximum absolute atomic E-state index is 11.1. The van der Waals surface area contributed by atoms with Gasteiger partial charge in [0.05, 0.1) is 5.75 Å². The maximum atomic E-state index is 11.1. The Hall–Kier alpha value is -0.700. The van der Waals surface area contributed by atoms with E-state index >= 15 is 0 Å². The SMILES string of the molecule is NCCNS(=O)(=O)CC[C@H](N)C(=O)O. The van der Waals surface area contributed by atoms with Crippen molar-refractivity contribution in [1.29, 1.82) is 0 Å². The number of nitrogens with two attached hydrogens (primary N) is 2. The van der Waals surface area contributed by atoms with Gasteiger partial charge in [0.25, 0.3) is 0 Å². The fourth-order valence-corrected chi connectivity index (χ4v) is 1.83. The number of hydrogen-bond acceptors (Lipinski definition) is 5. The Balaban J connectivity index is 3.93. The van der Waals surface area contributed by atoms with Gasteiger partial charge in [-0.3, -0.25) is 4.79 Å². The van der Waals surface area contributed by atoms with Crippen molar-refractivity contribution in [2.45, 2.75) is 12.5 Å². The van der Waals surface area contributed by atoms with E-state index in [2.05, 4.69) is 4.72 Å². The van der Waals surface area contributed by atoms with E-state index in [4.69, 9.17) is 16.6 Å². The highest BCUT2D eigenvalue weighted by atomic mass is 32.2. The summed E-state index contributed by atoms with van der Waals surface area (Å²) in [5.41, 5.74) is 10.2. The lowest BCUT2D eigenvalue weighted by atomic mass is 10.2. The topological polar surface area (TPSA) is 136 Å². The van der Waals surface area contributed by atoms with Gasteiger partial charge in [-0.1, -0.05) is 0 Å². The van der Waals surface area contributed by atoms with Crippen molar-refractivity contribution < 1.29 is 18.3 Å². The predicted molar refractivity (Wildman–Crippen MR) is 51.1 cm³/mol. The summed E-state index contributed by atoms with van der Waals surface area (Å²) < 4.78 is 24.4. The van der Waals surface area contributed by atoms with Crippen molar-refractivity contribution >= 4 is 16.0 Å². The van der Waals surface area contributed by atoms with Gasteiger partial charge in [0.2, 0.25) is 10.0 Å². The fraction of sp³-hybridized carbons (Fsp3) is 0.833. The molecule has 7 nitrogen and oxygen atoms in total. The average Bonchev–Trinajstić information content (AvgIpc) is 2.11. The molecule has 0 aromatic carbocycles. The number of nitrogens with one attached hydrogen (secondary N) is 1. The second kappa shape index (κ2) is 5.91. The normalized spacial score (nSPS) is 13.9. The lowest BCUT2D eigenvalue weighted by molar-refractivity contribution is -0.138. The highest BCUT2D eigenvalue weighted by Crippen LogP contribution is 1.93. The first kappa shape index (κ1) is 13.3. The Kier molecular flexibility index (Phi) is 5.62. The van der Waals surface area contributed by atoms with Crippen molar-refractivity contribution in [2.75, 3.05) is 18.8 Å². The highest BCUT2D eigenvalue weighted by molar-refractivity contribution is 7.89. The van der Waals surface area contributed by atoms with Crippen molar-refractivity contribution in [3.05, 3.63) is 0 Å².